The lowest BCUT2D eigenvalue weighted by Gasteiger charge is -2.09. The Hall–Kier alpha value is -2.60. The Balaban J connectivity index is 1.77. The molecule has 0 radical (unpaired) electrons. The number of rotatable bonds is 4. The van der Waals surface area contributed by atoms with Gasteiger partial charge in [0, 0.05) is 18.9 Å². The van der Waals surface area contributed by atoms with Crippen molar-refractivity contribution in [3.8, 4) is 11.1 Å². The SMILES string of the molecule is NCc1nccn1Cc1ccc(-c2ccc(C(F)(F)F)cc2)cc1. The first-order valence-electron chi connectivity index (χ1n) is 7.44. The summed E-state index contributed by atoms with van der Waals surface area (Å²) in [7, 11) is 0. The number of halogens is 3. The minimum Gasteiger partial charge on any atom is -0.329 e. The van der Waals surface area contributed by atoms with Gasteiger partial charge in [0.1, 0.15) is 5.82 Å². The lowest BCUT2D eigenvalue weighted by molar-refractivity contribution is -0.137. The Morgan fingerprint density at radius 2 is 1.50 bits per heavy atom. The van der Waals surface area contributed by atoms with Crippen LogP contribution in [0.25, 0.3) is 11.1 Å². The number of hydrogen-bond donors (Lipinski definition) is 1. The maximum Gasteiger partial charge on any atom is 0.416 e. The van der Waals surface area contributed by atoms with Crippen LogP contribution >= 0.6 is 0 Å². The second-order valence-electron chi connectivity index (χ2n) is 5.45. The number of nitrogens with two attached hydrogens (primary N) is 1. The molecule has 1 aromatic heterocycles. The summed E-state index contributed by atoms with van der Waals surface area (Å²) in [4.78, 5) is 4.17. The summed E-state index contributed by atoms with van der Waals surface area (Å²) in [6.45, 7) is 1.02. The second kappa shape index (κ2) is 6.49. The van der Waals surface area contributed by atoms with E-state index in [0.717, 1.165) is 34.6 Å². The quantitative estimate of drug-likeness (QED) is 0.783. The molecule has 3 rings (SSSR count). The predicted molar refractivity (Wildman–Crippen MR) is 86.1 cm³/mol. The van der Waals surface area contributed by atoms with E-state index in [0.29, 0.717) is 13.1 Å². The van der Waals surface area contributed by atoms with Crippen LogP contribution in [0.3, 0.4) is 0 Å². The Morgan fingerprint density at radius 1 is 0.917 bits per heavy atom. The molecule has 3 nitrogen and oxygen atoms in total. The largest absolute Gasteiger partial charge is 0.416 e. The number of imidazole rings is 1. The number of nitrogens with zero attached hydrogens (tertiary/aromatic N) is 2. The monoisotopic (exact) mass is 331 g/mol. The van der Waals surface area contributed by atoms with E-state index in [1.165, 1.54) is 12.1 Å². The molecule has 124 valence electrons. The first-order valence-corrected chi connectivity index (χ1v) is 7.44. The van der Waals surface area contributed by atoms with Crippen molar-refractivity contribution in [2.24, 2.45) is 5.73 Å². The van der Waals surface area contributed by atoms with Gasteiger partial charge in [-0.05, 0) is 28.8 Å². The molecule has 0 fully saturated rings. The van der Waals surface area contributed by atoms with Crippen LogP contribution in [0.4, 0.5) is 13.2 Å². The second-order valence-corrected chi connectivity index (χ2v) is 5.45. The average molecular weight is 331 g/mol. The van der Waals surface area contributed by atoms with Crippen LogP contribution in [-0.2, 0) is 19.3 Å². The van der Waals surface area contributed by atoms with Gasteiger partial charge in [-0.2, -0.15) is 13.2 Å². The van der Waals surface area contributed by atoms with E-state index in [4.69, 9.17) is 5.73 Å². The molecule has 0 saturated heterocycles. The maximum atomic E-state index is 12.6. The van der Waals surface area contributed by atoms with Crippen LogP contribution in [0, 0.1) is 0 Å². The maximum absolute atomic E-state index is 12.6. The summed E-state index contributed by atoms with van der Waals surface area (Å²) >= 11 is 0. The fourth-order valence-corrected chi connectivity index (χ4v) is 2.52. The van der Waals surface area contributed by atoms with E-state index in [2.05, 4.69) is 4.98 Å². The molecule has 0 amide bonds. The lowest BCUT2D eigenvalue weighted by atomic mass is 10.0. The third-order valence-corrected chi connectivity index (χ3v) is 3.84. The molecule has 0 saturated carbocycles. The Labute approximate surface area is 137 Å². The molecular formula is C18H16F3N3. The van der Waals surface area contributed by atoms with Crippen molar-refractivity contribution in [1.82, 2.24) is 9.55 Å². The third kappa shape index (κ3) is 3.49. The molecule has 2 aromatic carbocycles. The number of benzene rings is 2. The minimum atomic E-state index is -4.31. The zero-order valence-corrected chi connectivity index (χ0v) is 12.8. The first-order chi connectivity index (χ1) is 11.5. The van der Waals surface area contributed by atoms with Gasteiger partial charge in [0.25, 0.3) is 0 Å². The summed E-state index contributed by atoms with van der Waals surface area (Å²) in [5.41, 5.74) is 7.68. The molecule has 0 bridgehead atoms. The van der Waals surface area contributed by atoms with Crippen LogP contribution in [0.15, 0.2) is 60.9 Å². The predicted octanol–water partition coefficient (Wildman–Crippen LogP) is 4.08. The van der Waals surface area contributed by atoms with Crippen LogP contribution in [0.2, 0.25) is 0 Å². The molecule has 0 spiro atoms. The van der Waals surface area contributed by atoms with Crippen LogP contribution < -0.4 is 5.73 Å². The molecule has 3 aromatic rings. The van der Waals surface area contributed by atoms with Crippen molar-refractivity contribution < 1.29 is 13.2 Å². The molecule has 1 heterocycles. The summed E-state index contributed by atoms with van der Waals surface area (Å²) < 4.78 is 39.8. The van der Waals surface area contributed by atoms with Gasteiger partial charge < -0.3 is 10.3 Å². The molecule has 0 aliphatic rings. The van der Waals surface area contributed by atoms with Gasteiger partial charge in [-0.3, -0.25) is 0 Å². The highest BCUT2D eigenvalue weighted by atomic mass is 19.4. The summed E-state index contributed by atoms with van der Waals surface area (Å²) in [6, 6.07) is 12.9. The van der Waals surface area contributed by atoms with Crippen LogP contribution in [0.1, 0.15) is 17.0 Å². The van der Waals surface area contributed by atoms with Gasteiger partial charge in [-0.1, -0.05) is 36.4 Å². The fourth-order valence-electron chi connectivity index (χ4n) is 2.52. The third-order valence-electron chi connectivity index (χ3n) is 3.84. The summed E-state index contributed by atoms with van der Waals surface area (Å²) in [5, 5.41) is 0. The van der Waals surface area contributed by atoms with Gasteiger partial charge in [0.15, 0.2) is 0 Å². The van der Waals surface area contributed by atoms with Crippen LogP contribution in [-0.4, -0.2) is 9.55 Å². The van der Waals surface area contributed by atoms with Crippen LogP contribution in [0.5, 0.6) is 0 Å². The molecule has 6 heteroatoms. The Kier molecular flexibility index (Phi) is 4.40. The molecule has 0 atom stereocenters. The van der Waals surface area contributed by atoms with Crippen molar-refractivity contribution in [2.45, 2.75) is 19.3 Å². The van der Waals surface area contributed by atoms with E-state index in [-0.39, 0.29) is 0 Å². The molecular weight excluding hydrogens is 315 g/mol. The van der Waals surface area contributed by atoms with E-state index in [9.17, 15) is 13.2 Å². The van der Waals surface area contributed by atoms with E-state index in [1.807, 2.05) is 35.0 Å². The topological polar surface area (TPSA) is 43.8 Å². The summed E-state index contributed by atoms with van der Waals surface area (Å²) in [5.74, 6) is 0.807. The summed E-state index contributed by atoms with van der Waals surface area (Å²) in [6.07, 6.45) is -0.737. The molecule has 0 aliphatic carbocycles. The highest BCUT2D eigenvalue weighted by Gasteiger charge is 2.29. The smallest absolute Gasteiger partial charge is 0.329 e. The average Bonchev–Trinajstić information content (AvgIpc) is 3.02. The first kappa shape index (κ1) is 16.3. The van der Waals surface area contributed by atoms with Crippen molar-refractivity contribution in [3.05, 3.63) is 77.9 Å². The zero-order chi connectivity index (χ0) is 17.2. The molecule has 24 heavy (non-hydrogen) atoms. The number of alkyl halides is 3. The van der Waals surface area contributed by atoms with E-state index < -0.39 is 11.7 Å². The van der Waals surface area contributed by atoms with E-state index in [1.54, 1.807) is 6.20 Å². The highest BCUT2D eigenvalue weighted by molar-refractivity contribution is 5.64. The molecule has 0 unspecified atom stereocenters. The fraction of sp³-hybridized carbons (Fsp3) is 0.167. The Bertz CT molecular complexity index is 803. The van der Waals surface area contributed by atoms with Gasteiger partial charge in [-0.15, -0.1) is 0 Å². The number of hydrogen-bond acceptors (Lipinski definition) is 2. The van der Waals surface area contributed by atoms with E-state index >= 15 is 0 Å². The zero-order valence-electron chi connectivity index (χ0n) is 12.8. The van der Waals surface area contributed by atoms with Gasteiger partial charge in [0.2, 0.25) is 0 Å². The lowest BCUT2D eigenvalue weighted by Crippen LogP contribution is -2.08. The standard InChI is InChI=1S/C18H16F3N3/c19-18(20,21)16-7-5-15(6-8-16)14-3-1-13(2-4-14)12-24-10-9-23-17(24)11-22/h1-10H,11-12,22H2. The highest BCUT2D eigenvalue weighted by Crippen LogP contribution is 2.31. The van der Waals surface area contributed by atoms with Gasteiger partial charge >= 0.3 is 6.18 Å². The normalized spacial score (nSPS) is 11.7. The van der Waals surface area contributed by atoms with Crippen molar-refractivity contribution in [1.29, 1.82) is 0 Å². The Morgan fingerprint density at radius 3 is 2.04 bits per heavy atom. The van der Waals surface area contributed by atoms with Crippen molar-refractivity contribution >= 4 is 0 Å². The van der Waals surface area contributed by atoms with Gasteiger partial charge in [-0.25, -0.2) is 4.98 Å². The van der Waals surface area contributed by atoms with Crippen molar-refractivity contribution in [2.75, 3.05) is 0 Å². The van der Waals surface area contributed by atoms with Crippen molar-refractivity contribution in [3.63, 3.8) is 0 Å². The number of aromatic nitrogens is 2. The van der Waals surface area contributed by atoms with Gasteiger partial charge in [0.05, 0.1) is 12.1 Å². The molecule has 2 N–H and O–H groups in total. The molecule has 0 aliphatic heterocycles. The minimum absolute atomic E-state index is 0.372.